The Balaban J connectivity index is -0.000000253. The van der Waals surface area contributed by atoms with Crippen LogP contribution in [0.25, 0.3) is 0 Å². The largest absolute Gasteiger partial charge is 1.00 e. The normalized spacial score (nSPS) is 10.9. The molecule has 0 heterocycles. The molecule has 0 radical (unpaired) electrons. The van der Waals surface area contributed by atoms with E-state index in [2.05, 4.69) is 60.8 Å². The average Bonchev–Trinajstić information content (AvgIpc) is 2.85. The number of hydrogen-bond acceptors (Lipinski definition) is 1. The highest BCUT2D eigenvalue weighted by atomic mass is 35.5. The van der Waals surface area contributed by atoms with Gasteiger partial charge in [-0.25, -0.2) is 0 Å². The van der Waals surface area contributed by atoms with E-state index in [-0.39, 0.29) is 12.4 Å². The van der Waals surface area contributed by atoms with Crippen LogP contribution in [0.3, 0.4) is 0 Å². The standard InChI is InChI=1S/C17H38N.C12H25Cl.C5H13N.ClH/c1-5-7-8-9-10-11-12-13-14-15-17-18(3,4)16-6-2;1-2-3-4-5-6-7-8-9-10-11-12-13;1-4-5-6(2)3;/h5-17H2,1-4H3;2-12H2,1H3;4-5H2,1-3H3;1H/q+1;;;/p-1. The predicted molar refractivity (Wildman–Crippen MR) is 175 cm³/mol. The first-order valence-electron chi connectivity index (χ1n) is 16.8. The maximum Gasteiger partial charge on any atom is 0.0782 e. The summed E-state index contributed by atoms with van der Waals surface area (Å²) in [6.45, 7) is 12.9. The van der Waals surface area contributed by atoms with Gasteiger partial charge in [0.15, 0.2) is 0 Å². The second kappa shape index (κ2) is 39.6. The quantitative estimate of drug-likeness (QED) is 0.0592. The fourth-order valence-electron chi connectivity index (χ4n) is 4.77. The fourth-order valence-corrected chi connectivity index (χ4v) is 4.96. The molecule has 236 valence electrons. The maximum absolute atomic E-state index is 5.60. The van der Waals surface area contributed by atoms with Crippen LogP contribution in [-0.4, -0.2) is 63.1 Å². The van der Waals surface area contributed by atoms with Crippen molar-refractivity contribution in [2.75, 3.05) is 53.7 Å². The van der Waals surface area contributed by atoms with Crippen LogP contribution in [0.2, 0.25) is 0 Å². The molecule has 0 saturated carbocycles. The Morgan fingerprint density at radius 2 is 0.789 bits per heavy atom. The maximum atomic E-state index is 5.60. The predicted octanol–water partition coefficient (Wildman–Crippen LogP) is 8.50. The van der Waals surface area contributed by atoms with E-state index >= 15 is 0 Å². The van der Waals surface area contributed by atoms with Gasteiger partial charge >= 0.3 is 0 Å². The van der Waals surface area contributed by atoms with E-state index in [0.29, 0.717) is 0 Å². The lowest BCUT2D eigenvalue weighted by Gasteiger charge is -2.29. The van der Waals surface area contributed by atoms with E-state index in [1.165, 1.54) is 165 Å². The van der Waals surface area contributed by atoms with Crippen LogP contribution in [0.5, 0.6) is 0 Å². The average molecular weight is 584 g/mol. The molecule has 0 atom stereocenters. The van der Waals surface area contributed by atoms with Gasteiger partial charge in [0.2, 0.25) is 0 Å². The molecule has 4 heteroatoms. The molecule has 0 aromatic rings. The topological polar surface area (TPSA) is 3.24 Å². The lowest BCUT2D eigenvalue weighted by molar-refractivity contribution is -0.890. The highest BCUT2D eigenvalue weighted by molar-refractivity contribution is 6.17. The second-order valence-electron chi connectivity index (χ2n) is 12.2. The SMILES string of the molecule is CCCCCCCCCCCCCl.CCCCCCCCCCCC[N+](C)(C)CCC.CCCN(C)C.[Cl-]. The Morgan fingerprint density at radius 1 is 0.447 bits per heavy atom. The molecule has 0 spiro atoms. The zero-order chi connectivity index (χ0) is 28.5. The fraction of sp³-hybridized carbons (Fsp3) is 1.00. The van der Waals surface area contributed by atoms with Crippen LogP contribution in [0.15, 0.2) is 0 Å². The molecular weight excluding hydrogens is 507 g/mol. The van der Waals surface area contributed by atoms with Crippen molar-refractivity contribution in [3.63, 3.8) is 0 Å². The summed E-state index contributed by atoms with van der Waals surface area (Å²) in [5.74, 6) is 0.844. The first-order valence-corrected chi connectivity index (χ1v) is 17.4. The number of alkyl halides is 1. The zero-order valence-electron chi connectivity index (χ0n) is 28.0. The summed E-state index contributed by atoms with van der Waals surface area (Å²) >= 11 is 5.60. The van der Waals surface area contributed by atoms with Crippen molar-refractivity contribution in [2.45, 2.75) is 169 Å². The number of quaternary nitrogens is 1. The number of hydrogen-bond donors (Lipinski definition) is 0. The monoisotopic (exact) mass is 583 g/mol. The van der Waals surface area contributed by atoms with E-state index in [4.69, 9.17) is 11.6 Å². The lowest BCUT2D eigenvalue weighted by Crippen LogP contribution is -3.00. The van der Waals surface area contributed by atoms with Crippen LogP contribution in [0, 0.1) is 0 Å². The van der Waals surface area contributed by atoms with Crippen molar-refractivity contribution in [2.24, 2.45) is 0 Å². The van der Waals surface area contributed by atoms with Crippen LogP contribution < -0.4 is 12.4 Å². The third kappa shape index (κ3) is 49.4. The molecule has 38 heavy (non-hydrogen) atoms. The minimum Gasteiger partial charge on any atom is -1.00 e. The minimum atomic E-state index is 0. The van der Waals surface area contributed by atoms with Gasteiger partial charge in [0.25, 0.3) is 0 Å². The first-order chi connectivity index (χ1) is 17.8. The minimum absolute atomic E-state index is 0. The highest BCUT2D eigenvalue weighted by Gasteiger charge is 2.11. The van der Waals surface area contributed by atoms with Crippen molar-refractivity contribution in [1.82, 2.24) is 4.90 Å². The van der Waals surface area contributed by atoms with Gasteiger partial charge in [0.1, 0.15) is 0 Å². The molecule has 0 aliphatic carbocycles. The van der Waals surface area contributed by atoms with Gasteiger partial charge in [-0.3, -0.25) is 0 Å². The lowest BCUT2D eigenvalue weighted by atomic mass is 10.1. The number of nitrogens with zero attached hydrogens (tertiary/aromatic N) is 2. The smallest absolute Gasteiger partial charge is 0.0782 e. The molecule has 0 aromatic heterocycles. The Bertz CT molecular complexity index is 365. The summed E-state index contributed by atoms with van der Waals surface area (Å²) in [5.41, 5.74) is 0. The zero-order valence-corrected chi connectivity index (χ0v) is 29.5. The third-order valence-electron chi connectivity index (χ3n) is 7.10. The highest BCUT2D eigenvalue weighted by Crippen LogP contribution is 2.12. The van der Waals surface area contributed by atoms with Gasteiger partial charge < -0.3 is 21.8 Å². The molecule has 0 bridgehead atoms. The Labute approximate surface area is 255 Å². The summed E-state index contributed by atoms with van der Waals surface area (Å²) in [6.07, 6.45) is 30.9. The summed E-state index contributed by atoms with van der Waals surface area (Å²) < 4.78 is 1.22. The summed E-state index contributed by atoms with van der Waals surface area (Å²) in [4.78, 5) is 2.18. The molecule has 0 aliphatic heterocycles. The van der Waals surface area contributed by atoms with Crippen LogP contribution in [0.4, 0.5) is 0 Å². The molecule has 2 nitrogen and oxygen atoms in total. The van der Waals surface area contributed by atoms with Gasteiger partial charge in [-0.2, -0.15) is 0 Å². The Kier molecular flexibility index (Phi) is 47.5. The molecule has 0 fully saturated rings. The molecule has 0 saturated heterocycles. The molecule has 0 unspecified atom stereocenters. The third-order valence-corrected chi connectivity index (χ3v) is 7.37. The summed E-state index contributed by atoms with van der Waals surface area (Å²) in [5, 5.41) is 0. The van der Waals surface area contributed by atoms with Gasteiger partial charge in [-0.05, 0) is 52.7 Å². The Hall–Kier alpha value is 0.500. The molecule has 0 aromatic carbocycles. The molecule has 0 aliphatic rings. The van der Waals surface area contributed by atoms with E-state index in [1.54, 1.807) is 0 Å². The van der Waals surface area contributed by atoms with E-state index in [0.717, 1.165) is 5.88 Å². The van der Waals surface area contributed by atoms with Crippen molar-refractivity contribution in [3.8, 4) is 0 Å². The van der Waals surface area contributed by atoms with Crippen LogP contribution in [0.1, 0.15) is 169 Å². The van der Waals surface area contributed by atoms with Gasteiger partial charge in [-0.1, -0.05) is 137 Å². The first kappa shape index (κ1) is 45.5. The van der Waals surface area contributed by atoms with E-state index in [9.17, 15) is 0 Å². The summed E-state index contributed by atoms with van der Waals surface area (Å²) in [7, 11) is 8.92. The number of unbranched alkanes of at least 4 members (excludes halogenated alkanes) is 18. The second-order valence-corrected chi connectivity index (χ2v) is 12.6. The van der Waals surface area contributed by atoms with E-state index in [1.807, 2.05) is 0 Å². The Morgan fingerprint density at radius 3 is 1.05 bits per heavy atom. The number of halogens is 2. The van der Waals surface area contributed by atoms with Gasteiger partial charge in [-0.15, -0.1) is 11.6 Å². The van der Waals surface area contributed by atoms with Crippen LogP contribution in [-0.2, 0) is 0 Å². The van der Waals surface area contributed by atoms with Gasteiger partial charge in [0.05, 0.1) is 27.2 Å². The van der Waals surface area contributed by atoms with Crippen molar-refractivity contribution in [3.05, 3.63) is 0 Å². The van der Waals surface area contributed by atoms with Crippen molar-refractivity contribution >= 4 is 11.6 Å². The van der Waals surface area contributed by atoms with Gasteiger partial charge in [0, 0.05) is 5.88 Å². The van der Waals surface area contributed by atoms with E-state index < -0.39 is 0 Å². The van der Waals surface area contributed by atoms with Crippen molar-refractivity contribution < 1.29 is 16.9 Å². The van der Waals surface area contributed by atoms with Crippen LogP contribution >= 0.6 is 11.6 Å². The number of rotatable bonds is 25. The molecule has 0 rings (SSSR count). The molecule has 0 amide bonds. The molecule has 0 N–H and O–H groups in total. The molecular formula is C34H76Cl2N2. The van der Waals surface area contributed by atoms with Crippen molar-refractivity contribution in [1.29, 1.82) is 0 Å². The summed E-state index contributed by atoms with van der Waals surface area (Å²) in [6, 6.07) is 0.